The summed E-state index contributed by atoms with van der Waals surface area (Å²) in [5.74, 6) is -2.40. The number of nitrogens with one attached hydrogen (secondary N) is 1. The molecule has 0 heterocycles. The van der Waals surface area contributed by atoms with Crippen LogP contribution in [0.2, 0.25) is 0 Å². The molecule has 7 heteroatoms. The van der Waals surface area contributed by atoms with Gasteiger partial charge in [0.1, 0.15) is 0 Å². The fraction of sp³-hybridized carbons (Fsp3) is 0.467. The van der Waals surface area contributed by atoms with Crippen LogP contribution in [0.3, 0.4) is 0 Å². The SMILES string of the molecule is Cc1ccc(C(F)(F)F)cc1NC(=O)[C@@H]1CC[C@H](C(=O)O)C1. The molecule has 22 heavy (non-hydrogen) atoms. The number of halogens is 3. The lowest BCUT2D eigenvalue weighted by atomic mass is 10.0. The molecule has 1 saturated carbocycles. The van der Waals surface area contributed by atoms with Crippen molar-refractivity contribution in [2.45, 2.75) is 32.4 Å². The Bertz CT molecular complexity index is 598. The number of carbonyl (C=O) groups is 2. The topological polar surface area (TPSA) is 66.4 Å². The predicted octanol–water partition coefficient (Wildman–Crippen LogP) is 3.45. The van der Waals surface area contributed by atoms with E-state index in [-0.39, 0.29) is 12.1 Å². The molecule has 1 aromatic carbocycles. The van der Waals surface area contributed by atoms with Gasteiger partial charge in [-0.15, -0.1) is 0 Å². The number of carbonyl (C=O) groups excluding carboxylic acids is 1. The van der Waals surface area contributed by atoms with Crippen LogP contribution in [0.5, 0.6) is 0 Å². The number of amides is 1. The molecular formula is C15H16F3NO3. The van der Waals surface area contributed by atoms with Crippen molar-refractivity contribution in [2.75, 3.05) is 5.32 Å². The number of hydrogen-bond donors (Lipinski definition) is 2. The van der Waals surface area contributed by atoms with Gasteiger partial charge in [0.25, 0.3) is 0 Å². The van der Waals surface area contributed by atoms with E-state index in [0.717, 1.165) is 12.1 Å². The Hall–Kier alpha value is -2.05. The normalized spacial score (nSPS) is 21.6. The highest BCUT2D eigenvalue weighted by molar-refractivity contribution is 5.94. The first kappa shape index (κ1) is 16.3. The molecule has 0 radical (unpaired) electrons. The molecule has 0 saturated heterocycles. The van der Waals surface area contributed by atoms with Crippen LogP contribution in [0, 0.1) is 18.8 Å². The molecule has 2 rings (SSSR count). The second-order valence-corrected chi connectivity index (χ2v) is 5.56. The van der Waals surface area contributed by atoms with Crippen molar-refractivity contribution in [1.82, 2.24) is 0 Å². The van der Waals surface area contributed by atoms with Crippen LogP contribution in [0.1, 0.15) is 30.4 Å². The highest BCUT2D eigenvalue weighted by Gasteiger charge is 2.34. The first-order valence-corrected chi connectivity index (χ1v) is 6.90. The second kappa shape index (κ2) is 5.98. The van der Waals surface area contributed by atoms with E-state index >= 15 is 0 Å². The van der Waals surface area contributed by atoms with Gasteiger partial charge in [-0.05, 0) is 43.9 Å². The standard InChI is InChI=1S/C15H16F3NO3/c1-8-2-5-11(15(16,17)18)7-12(8)19-13(20)9-3-4-10(6-9)14(21)22/h2,5,7,9-10H,3-4,6H2,1H3,(H,19,20)(H,21,22)/t9-,10+/m1/s1. The lowest BCUT2D eigenvalue weighted by Gasteiger charge is -2.15. The maximum atomic E-state index is 12.7. The molecular weight excluding hydrogens is 299 g/mol. The van der Waals surface area contributed by atoms with E-state index in [0.29, 0.717) is 18.4 Å². The van der Waals surface area contributed by atoms with Gasteiger partial charge in [0, 0.05) is 11.6 Å². The molecule has 2 atom stereocenters. The van der Waals surface area contributed by atoms with Crippen molar-refractivity contribution in [3.05, 3.63) is 29.3 Å². The smallest absolute Gasteiger partial charge is 0.416 e. The second-order valence-electron chi connectivity index (χ2n) is 5.56. The molecule has 1 aliphatic carbocycles. The average Bonchev–Trinajstić information content (AvgIpc) is 2.89. The van der Waals surface area contributed by atoms with Crippen LogP contribution in [0.4, 0.5) is 18.9 Å². The van der Waals surface area contributed by atoms with Crippen LogP contribution in [0.25, 0.3) is 0 Å². The van der Waals surface area contributed by atoms with Crippen molar-refractivity contribution in [3.8, 4) is 0 Å². The van der Waals surface area contributed by atoms with Crippen molar-refractivity contribution in [1.29, 1.82) is 0 Å². The monoisotopic (exact) mass is 315 g/mol. The van der Waals surface area contributed by atoms with Gasteiger partial charge in [-0.3, -0.25) is 9.59 Å². The zero-order valence-electron chi connectivity index (χ0n) is 11.9. The highest BCUT2D eigenvalue weighted by atomic mass is 19.4. The third-order valence-corrected chi connectivity index (χ3v) is 3.98. The number of aryl methyl sites for hydroxylation is 1. The molecule has 0 unspecified atom stereocenters. The van der Waals surface area contributed by atoms with E-state index < -0.39 is 35.5 Å². The lowest BCUT2D eigenvalue weighted by Crippen LogP contribution is -2.22. The van der Waals surface area contributed by atoms with Gasteiger partial charge in [0.05, 0.1) is 11.5 Å². The first-order chi connectivity index (χ1) is 10.2. The molecule has 120 valence electrons. The van der Waals surface area contributed by atoms with Gasteiger partial charge in [-0.1, -0.05) is 6.07 Å². The Morgan fingerprint density at radius 3 is 2.41 bits per heavy atom. The summed E-state index contributed by atoms with van der Waals surface area (Å²) in [5, 5.41) is 11.4. The van der Waals surface area contributed by atoms with Gasteiger partial charge in [0.15, 0.2) is 0 Å². The van der Waals surface area contributed by atoms with E-state index in [2.05, 4.69) is 5.32 Å². The highest BCUT2D eigenvalue weighted by Crippen LogP contribution is 2.34. The fourth-order valence-corrected chi connectivity index (χ4v) is 2.61. The minimum Gasteiger partial charge on any atom is -0.481 e. The molecule has 0 spiro atoms. The van der Waals surface area contributed by atoms with E-state index in [9.17, 15) is 22.8 Å². The summed E-state index contributed by atoms with van der Waals surface area (Å²) in [6, 6.07) is 3.16. The predicted molar refractivity (Wildman–Crippen MR) is 73.3 cm³/mol. The Morgan fingerprint density at radius 1 is 1.23 bits per heavy atom. The Labute approximate surface area is 125 Å². The first-order valence-electron chi connectivity index (χ1n) is 6.90. The van der Waals surface area contributed by atoms with Crippen LogP contribution in [-0.2, 0) is 15.8 Å². The van der Waals surface area contributed by atoms with Crippen LogP contribution < -0.4 is 5.32 Å². The Balaban J connectivity index is 2.10. The zero-order chi connectivity index (χ0) is 16.5. The summed E-state index contributed by atoms with van der Waals surface area (Å²) >= 11 is 0. The largest absolute Gasteiger partial charge is 0.481 e. The summed E-state index contributed by atoms with van der Waals surface area (Å²) in [5.41, 5.74) is -0.198. The average molecular weight is 315 g/mol. The number of anilines is 1. The molecule has 2 N–H and O–H groups in total. The van der Waals surface area contributed by atoms with Crippen LogP contribution in [0.15, 0.2) is 18.2 Å². The van der Waals surface area contributed by atoms with Gasteiger partial charge < -0.3 is 10.4 Å². The van der Waals surface area contributed by atoms with Gasteiger partial charge >= 0.3 is 12.1 Å². The molecule has 4 nitrogen and oxygen atoms in total. The molecule has 1 fully saturated rings. The van der Waals surface area contributed by atoms with Gasteiger partial charge in [0.2, 0.25) is 5.91 Å². The minimum absolute atomic E-state index is 0.110. The number of aliphatic carboxylic acids is 1. The van der Waals surface area contributed by atoms with Crippen molar-refractivity contribution < 1.29 is 27.9 Å². The van der Waals surface area contributed by atoms with E-state index in [1.54, 1.807) is 6.92 Å². The third-order valence-electron chi connectivity index (χ3n) is 3.98. The number of rotatable bonds is 3. The number of benzene rings is 1. The molecule has 1 aliphatic rings. The third kappa shape index (κ3) is 3.58. The van der Waals surface area contributed by atoms with Gasteiger partial charge in [-0.25, -0.2) is 0 Å². The summed E-state index contributed by atoms with van der Waals surface area (Å²) in [6.45, 7) is 1.60. The fourth-order valence-electron chi connectivity index (χ4n) is 2.61. The van der Waals surface area contributed by atoms with Crippen LogP contribution >= 0.6 is 0 Å². The zero-order valence-corrected chi connectivity index (χ0v) is 11.9. The maximum absolute atomic E-state index is 12.7. The number of carboxylic acids is 1. The van der Waals surface area contributed by atoms with Crippen molar-refractivity contribution in [2.24, 2.45) is 11.8 Å². The van der Waals surface area contributed by atoms with Crippen molar-refractivity contribution in [3.63, 3.8) is 0 Å². The van der Waals surface area contributed by atoms with Gasteiger partial charge in [-0.2, -0.15) is 13.2 Å². The summed E-state index contributed by atoms with van der Waals surface area (Å²) in [4.78, 5) is 23.0. The Morgan fingerprint density at radius 2 is 1.86 bits per heavy atom. The van der Waals surface area contributed by atoms with E-state index in [1.165, 1.54) is 6.07 Å². The van der Waals surface area contributed by atoms with E-state index in [1.807, 2.05) is 0 Å². The van der Waals surface area contributed by atoms with Crippen LogP contribution in [-0.4, -0.2) is 17.0 Å². The number of alkyl halides is 3. The summed E-state index contributed by atoms with van der Waals surface area (Å²) in [7, 11) is 0. The summed E-state index contributed by atoms with van der Waals surface area (Å²) < 4.78 is 38.1. The molecule has 0 aliphatic heterocycles. The summed E-state index contributed by atoms with van der Waals surface area (Å²) in [6.07, 6.45) is -3.41. The van der Waals surface area contributed by atoms with E-state index in [4.69, 9.17) is 5.11 Å². The Kier molecular flexibility index (Phi) is 4.44. The number of hydrogen-bond acceptors (Lipinski definition) is 2. The molecule has 1 amide bonds. The number of carboxylic acid groups (broad SMARTS) is 1. The lowest BCUT2D eigenvalue weighted by molar-refractivity contribution is -0.141. The maximum Gasteiger partial charge on any atom is 0.416 e. The quantitative estimate of drug-likeness (QED) is 0.898. The molecule has 1 aromatic rings. The minimum atomic E-state index is -4.48. The molecule has 0 aromatic heterocycles. The van der Waals surface area contributed by atoms with Crippen molar-refractivity contribution >= 4 is 17.6 Å². The molecule has 0 bridgehead atoms.